The molecule has 0 aliphatic carbocycles. The summed E-state index contributed by atoms with van der Waals surface area (Å²) in [6.07, 6.45) is 9.75. The van der Waals surface area contributed by atoms with Crippen molar-refractivity contribution in [1.82, 2.24) is 10.8 Å². The molecular formula is C21H42N2O5. The molecule has 166 valence electrons. The molecule has 1 aliphatic rings. The molecule has 0 fully saturated rings. The lowest BCUT2D eigenvalue weighted by Gasteiger charge is -2.20. The zero-order valence-corrected chi connectivity index (χ0v) is 18.2. The molecule has 0 aromatic carbocycles. The van der Waals surface area contributed by atoms with E-state index >= 15 is 0 Å². The molecular weight excluding hydrogens is 360 g/mol. The van der Waals surface area contributed by atoms with Crippen LogP contribution >= 0.6 is 0 Å². The van der Waals surface area contributed by atoms with Gasteiger partial charge in [-0.3, -0.25) is 0 Å². The summed E-state index contributed by atoms with van der Waals surface area (Å²) < 4.78 is 21.2. The summed E-state index contributed by atoms with van der Waals surface area (Å²) in [5, 5.41) is 3.29. The normalized spacial score (nSPS) is 17.4. The quantitative estimate of drug-likeness (QED) is 0.303. The molecule has 2 unspecified atom stereocenters. The number of rotatable bonds is 20. The molecule has 7 heteroatoms. The van der Waals surface area contributed by atoms with Gasteiger partial charge in [0.1, 0.15) is 0 Å². The van der Waals surface area contributed by atoms with Crippen LogP contribution < -0.4 is 10.8 Å². The second kappa shape index (κ2) is 18.2. The van der Waals surface area contributed by atoms with Gasteiger partial charge in [0.25, 0.3) is 0 Å². The minimum atomic E-state index is 0.305. The zero-order chi connectivity index (χ0) is 20.3. The SMILES string of the molecule is CCCCCC(CCC)C1C=C(NCCOCCOCCOCCOC)ON1. The maximum Gasteiger partial charge on any atom is 0.209 e. The topological polar surface area (TPSA) is 70.2 Å². The van der Waals surface area contributed by atoms with Gasteiger partial charge in [0.2, 0.25) is 5.88 Å². The average molecular weight is 403 g/mol. The fourth-order valence-corrected chi connectivity index (χ4v) is 3.15. The fourth-order valence-electron chi connectivity index (χ4n) is 3.15. The lowest BCUT2D eigenvalue weighted by atomic mass is 9.90. The number of hydrogen-bond donors (Lipinski definition) is 2. The number of ether oxygens (including phenoxy) is 4. The van der Waals surface area contributed by atoms with E-state index in [0.29, 0.717) is 64.8 Å². The zero-order valence-electron chi connectivity index (χ0n) is 18.2. The molecule has 2 N–H and O–H groups in total. The number of methoxy groups -OCH3 is 1. The molecule has 0 bridgehead atoms. The second-order valence-electron chi connectivity index (χ2n) is 7.08. The van der Waals surface area contributed by atoms with Gasteiger partial charge in [-0.25, -0.2) is 0 Å². The minimum Gasteiger partial charge on any atom is -0.391 e. The van der Waals surface area contributed by atoms with Gasteiger partial charge in [0.05, 0.1) is 52.3 Å². The van der Waals surface area contributed by atoms with Crippen LogP contribution in [0.25, 0.3) is 0 Å². The van der Waals surface area contributed by atoms with Gasteiger partial charge in [0.15, 0.2) is 0 Å². The lowest BCUT2D eigenvalue weighted by Crippen LogP contribution is -2.30. The van der Waals surface area contributed by atoms with Crippen LogP contribution in [0.3, 0.4) is 0 Å². The predicted octanol–water partition coefficient (Wildman–Crippen LogP) is 3.01. The van der Waals surface area contributed by atoms with Gasteiger partial charge >= 0.3 is 0 Å². The Morgan fingerprint density at radius 2 is 1.61 bits per heavy atom. The molecule has 1 aliphatic heterocycles. The first-order valence-corrected chi connectivity index (χ1v) is 10.9. The van der Waals surface area contributed by atoms with Crippen molar-refractivity contribution in [2.75, 3.05) is 59.9 Å². The molecule has 7 nitrogen and oxygen atoms in total. The van der Waals surface area contributed by atoms with Crippen molar-refractivity contribution in [1.29, 1.82) is 0 Å². The van der Waals surface area contributed by atoms with Gasteiger partial charge in [-0.15, -0.1) is 5.48 Å². The molecule has 0 spiro atoms. The second-order valence-corrected chi connectivity index (χ2v) is 7.08. The number of unbranched alkanes of at least 4 members (excludes halogenated alkanes) is 2. The van der Waals surface area contributed by atoms with E-state index in [9.17, 15) is 0 Å². The molecule has 0 saturated heterocycles. The Morgan fingerprint density at radius 3 is 2.25 bits per heavy atom. The van der Waals surface area contributed by atoms with Gasteiger partial charge < -0.3 is 29.1 Å². The lowest BCUT2D eigenvalue weighted by molar-refractivity contribution is 0.00364. The average Bonchev–Trinajstić information content (AvgIpc) is 3.17. The predicted molar refractivity (Wildman–Crippen MR) is 111 cm³/mol. The van der Waals surface area contributed by atoms with E-state index in [1.54, 1.807) is 7.11 Å². The molecule has 2 atom stereocenters. The van der Waals surface area contributed by atoms with E-state index in [0.717, 1.165) is 5.88 Å². The van der Waals surface area contributed by atoms with E-state index < -0.39 is 0 Å². The first-order chi connectivity index (χ1) is 13.8. The van der Waals surface area contributed by atoms with Crippen LogP contribution in [0.4, 0.5) is 0 Å². The summed E-state index contributed by atoms with van der Waals surface area (Å²) in [4.78, 5) is 5.60. The number of hydroxylamine groups is 1. The summed E-state index contributed by atoms with van der Waals surface area (Å²) >= 11 is 0. The maximum absolute atomic E-state index is 5.60. The summed E-state index contributed by atoms with van der Waals surface area (Å²) in [7, 11) is 1.66. The van der Waals surface area contributed by atoms with Gasteiger partial charge in [-0.1, -0.05) is 39.5 Å². The van der Waals surface area contributed by atoms with Crippen molar-refractivity contribution >= 4 is 0 Å². The minimum absolute atomic E-state index is 0.305. The molecule has 0 saturated carbocycles. The van der Waals surface area contributed by atoms with Crippen molar-refractivity contribution in [3.63, 3.8) is 0 Å². The van der Waals surface area contributed by atoms with Gasteiger partial charge in [0, 0.05) is 13.7 Å². The third kappa shape index (κ3) is 12.6. The van der Waals surface area contributed by atoms with Crippen LogP contribution in [-0.2, 0) is 23.8 Å². The van der Waals surface area contributed by atoms with Crippen LogP contribution in [0.15, 0.2) is 12.0 Å². The van der Waals surface area contributed by atoms with Crippen molar-refractivity contribution in [2.24, 2.45) is 5.92 Å². The van der Waals surface area contributed by atoms with Gasteiger partial charge in [-0.2, -0.15) is 0 Å². The van der Waals surface area contributed by atoms with Crippen molar-refractivity contribution < 1.29 is 23.8 Å². The van der Waals surface area contributed by atoms with Crippen LogP contribution in [-0.4, -0.2) is 65.9 Å². The molecule has 0 radical (unpaired) electrons. The van der Waals surface area contributed by atoms with Crippen molar-refractivity contribution in [2.45, 2.75) is 58.4 Å². The van der Waals surface area contributed by atoms with E-state index in [1.165, 1.54) is 38.5 Å². The Hall–Kier alpha value is -0.860. The van der Waals surface area contributed by atoms with Gasteiger partial charge in [-0.05, 0) is 24.8 Å². The van der Waals surface area contributed by atoms with Crippen LogP contribution in [0.2, 0.25) is 0 Å². The molecule has 1 rings (SSSR count). The van der Waals surface area contributed by atoms with E-state index in [2.05, 4.69) is 30.7 Å². The Morgan fingerprint density at radius 1 is 0.929 bits per heavy atom. The Kier molecular flexibility index (Phi) is 16.4. The highest BCUT2D eigenvalue weighted by Gasteiger charge is 2.24. The largest absolute Gasteiger partial charge is 0.391 e. The van der Waals surface area contributed by atoms with E-state index in [-0.39, 0.29) is 0 Å². The molecule has 28 heavy (non-hydrogen) atoms. The molecule has 0 amide bonds. The van der Waals surface area contributed by atoms with E-state index in [4.69, 9.17) is 23.8 Å². The number of hydrogen-bond acceptors (Lipinski definition) is 7. The summed E-state index contributed by atoms with van der Waals surface area (Å²) in [6.45, 7) is 9.38. The summed E-state index contributed by atoms with van der Waals surface area (Å²) in [5.41, 5.74) is 3.18. The molecule has 1 heterocycles. The number of nitrogens with one attached hydrogen (secondary N) is 2. The van der Waals surface area contributed by atoms with Crippen LogP contribution in [0, 0.1) is 5.92 Å². The standard InChI is InChI=1S/C21H42N2O5/c1-4-6-7-9-19(8-5-2)20-18-21(28-23-20)22-10-11-25-14-15-27-17-16-26-13-12-24-3/h18-20,22-23H,4-17H2,1-3H3. The third-order valence-corrected chi connectivity index (χ3v) is 4.70. The van der Waals surface area contributed by atoms with E-state index in [1.807, 2.05) is 0 Å². The fraction of sp³-hybridized carbons (Fsp3) is 0.905. The Labute approximate surface area is 171 Å². The highest BCUT2D eigenvalue weighted by molar-refractivity contribution is 5.04. The highest BCUT2D eigenvalue weighted by atomic mass is 16.7. The monoisotopic (exact) mass is 402 g/mol. The van der Waals surface area contributed by atoms with Crippen LogP contribution in [0.1, 0.15) is 52.4 Å². The first-order valence-electron chi connectivity index (χ1n) is 10.9. The Bertz CT molecular complexity index is 382. The molecule has 0 aromatic rings. The van der Waals surface area contributed by atoms with Crippen molar-refractivity contribution in [3.05, 3.63) is 12.0 Å². The molecule has 0 aromatic heterocycles. The summed E-state index contributed by atoms with van der Waals surface area (Å²) in [5.74, 6) is 1.46. The Balaban J connectivity index is 2.02. The third-order valence-electron chi connectivity index (χ3n) is 4.70. The first kappa shape index (κ1) is 25.2. The van der Waals surface area contributed by atoms with Crippen molar-refractivity contribution in [3.8, 4) is 0 Å². The summed E-state index contributed by atoms with van der Waals surface area (Å²) in [6, 6.07) is 0.305. The smallest absolute Gasteiger partial charge is 0.209 e. The van der Waals surface area contributed by atoms with Crippen LogP contribution in [0.5, 0.6) is 0 Å². The maximum atomic E-state index is 5.60. The highest BCUT2D eigenvalue weighted by Crippen LogP contribution is 2.23.